The number of H-pyrrole nitrogens is 1. The first kappa shape index (κ1) is 13.1. The van der Waals surface area contributed by atoms with Crippen molar-refractivity contribution in [1.29, 1.82) is 0 Å². The molecule has 1 aromatic heterocycles. The highest BCUT2D eigenvalue weighted by Gasteiger charge is 2.43. The Balaban J connectivity index is 2.24. The molecule has 3 N–H and O–H groups in total. The van der Waals surface area contributed by atoms with Crippen LogP contribution in [0.15, 0.2) is 24.3 Å². The van der Waals surface area contributed by atoms with Crippen molar-refractivity contribution in [3.63, 3.8) is 0 Å². The third-order valence-electron chi connectivity index (χ3n) is 4.06. The molecule has 0 spiro atoms. The number of carbonyl (C=O) groups is 1. The number of carboxylic acids is 1. The van der Waals surface area contributed by atoms with Gasteiger partial charge >= 0.3 is 5.97 Å². The predicted octanol–water partition coefficient (Wildman–Crippen LogP) is 2.31. The first-order valence-corrected chi connectivity index (χ1v) is 6.72. The molecular formula is C15H17NO4. The van der Waals surface area contributed by atoms with Gasteiger partial charge in [-0.1, -0.05) is 25.1 Å². The Bertz CT molecular complexity index is 663. The molecule has 5 heteroatoms. The molecule has 0 saturated heterocycles. The molecular weight excluding hydrogens is 258 g/mol. The molecule has 1 aliphatic heterocycles. The number of nitrogens with one attached hydrogen (secondary N) is 1. The lowest BCUT2D eigenvalue weighted by Gasteiger charge is -2.37. The number of benzene rings is 1. The second-order valence-electron chi connectivity index (χ2n) is 5.20. The van der Waals surface area contributed by atoms with E-state index in [9.17, 15) is 15.0 Å². The maximum atomic E-state index is 11.2. The van der Waals surface area contributed by atoms with E-state index < -0.39 is 17.7 Å². The van der Waals surface area contributed by atoms with Crippen molar-refractivity contribution in [2.75, 3.05) is 6.61 Å². The topological polar surface area (TPSA) is 82.6 Å². The van der Waals surface area contributed by atoms with Crippen molar-refractivity contribution in [1.82, 2.24) is 4.98 Å². The first-order chi connectivity index (χ1) is 9.57. The minimum Gasteiger partial charge on any atom is -0.481 e. The number of hydrogen-bond acceptors (Lipinski definition) is 3. The second kappa shape index (κ2) is 4.61. The fraction of sp³-hybridized carbons (Fsp3) is 0.400. The summed E-state index contributed by atoms with van der Waals surface area (Å²) in [7, 11) is 0. The molecule has 106 valence electrons. The van der Waals surface area contributed by atoms with Gasteiger partial charge in [0, 0.05) is 16.5 Å². The normalized spacial score (nSPS) is 25.6. The lowest BCUT2D eigenvalue weighted by Crippen LogP contribution is -2.38. The van der Waals surface area contributed by atoms with E-state index in [2.05, 4.69) is 4.98 Å². The quantitative estimate of drug-likeness (QED) is 0.802. The minimum absolute atomic E-state index is 0.115. The van der Waals surface area contributed by atoms with E-state index in [4.69, 9.17) is 4.74 Å². The summed E-state index contributed by atoms with van der Waals surface area (Å²) in [5.41, 5.74) is 1.47. The van der Waals surface area contributed by atoms with Crippen LogP contribution in [-0.4, -0.2) is 27.8 Å². The molecule has 0 amide bonds. The Morgan fingerprint density at radius 1 is 1.50 bits per heavy atom. The fourth-order valence-electron chi connectivity index (χ4n) is 3.05. The molecule has 2 heterocycles. The first-order valence-electron chi connectivity index (χ1n) is 6.72. The van der Waals surface area contributed by atoms with Crippen molar-refractivity contribution >= 4 is 16.9 Å². The van der Waals surface area contributed by atoms with Crippen LogP contribution < -0.4 is 0 Å². The Hall–Kier alpha value is -1.85. The summed E-state index contributed by atoms with van der Waals surface area (Å²) in [6.45, 7) is 2.02. The number of ether oxygens (including phenoxy) is 1. The maximum Gasteiger partial charge on any atom is 0.306 e. The number of aliphatic hydroxyl groups excluding tert-OH is 1. The van der Waals surface area contributed by atoms with E-state index in [1.807, 2.05) is 31.2 Å². The van der Waals surface area contributed by atoms with Crippen LogP contribution in [-0.2, 0) is 15.1 Å². The van der Waals surface area contributed by atoms with Crippen LogP contribution in [0.4, 0.5) is 0 Å². The zero-order valence-electron chi connectivity index (χ0n) is 11.2. The fourth-order valence-corrected chi connectivity index (χ4v) is 3.05. The van der Waals surface area contributed by atoms with Crippen LogP contribution in [0, 0.1) is 0 Å². The number of aliphatic hydroxyl groups is 1. The van der Waals surface area contributed by atoms with Crippen molar-refractivity contribution < 1.29 is 19.7 Å². The van der Waals surface area contributed by atoms with Crippen molar-refractivity contribution in [2.45, 2.75) is 31.5 Å². The Morgan fingerprint density at radius 2 is 2.25 bits per heavy atom. The van der Waals surface area contributed by atoms with E-state index in [-0.39, 0.29) is 13.0 Å². The number of carboxylic acid groups (broad SMARTS) is 1. The highest BCUT2D eigenvalue weighted by atomic mass is 16.5. The van der Waals surface area contributed by atoms with E-state index in [1.165, 1.54) is 0 Å². The molecule has 3 rings (SSSR count). The molecule has 1 aliphatic rings. The van der Waals surface area contributed by atoms with Crippen LogP contribution in [0.5, 0.6) is 0 Å². The van der Waals surface area contributed by atoms with E-state index >= 15 is 0 Å². The van der Waals surface area contributed by atoms with Crippen LogP contribution in [0.3, 0.4) is 0 Å². The van der Waals surface area contributed by atoms with Gasteiger partial charge < -0.3 is 19.9 Å². The van der Waals surface area contributed by atoms with E-state index in [0.717, 1.165) is 16.5 Å². The summed E-state index contributed by atoms with van der Waals surface area (Å²) in [4.78, 5) is 14.4. The predicted molar refractivity (Wildman–Crippen MR) is 73.4 cm³/mol. The molecule has 2 atom stereocenters. The van der Waals surface area contributed by atoms with Gasteiger partial charge in [0.2, 0.25) is 0 Å². The zero-order valence-corrected chi connectivity index (χ0v) is 11.2. The van der Waals surface area contributed by atoms with Gasteiger partial charge in [-0.2, -0.15) is 0 Å². The largest absolute Gasteiger partial charge is 0.481 e. The van der Waals surface area contributed by atoms with Gasteiger partial charge in [-0.15, -0.1) is 0 Å². The van der Waals surface area contributed by atoms with Crippen molar-refractivity contribution in [2.24, 2.45) is 0 Å². The van der Waals surface area contributed by atoms with Crippen LogP contribution in [0.25, 0.3) is 10.9 Å². The summed E-state index contributed by atoms with van der Waals surface area (Å²) in [5.74, 6) is -0.909. The maximum absolute atomic E-state index is 11.2. The molecule has 20 heavy (non-hydrogen) atoms. The number of rotatable bonds is 3. The van der Waals surface area contributed by atoms with Gasteiger partial charge in [-0.25, -0.2) is 0 Å². The smallest absolute Gasteiger partial charge is 0.306 e. The van der Waals surface area contributed by atoms with Crippen LogP contribution >= 0.6 is 0 Å². The summed E-state index contributed by atoms with van der Waals surface area (Å²) in [5, 5.41) is 20.3. The van der Waals surface area contributed by atoms with Gasteiger partial charge in [-0.05, 0) is 12.5 Å². The Morgan fingerprint density at radius 3 is 2.95 bits per heavy atom. The van der Waals surface area contributed by atoms with Crippen molar-refractivity contribution in [3.05, 3.63) is 35.5 Å². The Labute approximate surface area is 116 Å². The number of aromatic nitrogens is 1. The molecule has 0 saturated carbocycles. The number of aromatic amines is 1. The van der Waals surface area contributed by atoms with Gasteiger partial charge in [-0.3, -0.25) is 4.79 Å². The second-order valence-corrected chi connectivity index (χ2v) is 5.20. The van der Waals surface area contributed by atoms with Gasteiger partial charge in [0.1, 0.15) is 11.7 Å². The molecule has 0 aliphatic carbocycles. The number of para-hydroxylation sites is 1. The molecule has 1 aromatic carbocycles. The molecule has 0 fully saturated rings. The lowest BCUT2D eigenvalue weighted by atomic mass is 9.85. The van der Waals surface area contributed by atoms with Gasteiger partial charge in [0.15, 0.2) is 0 Å². The lowest BCUT2D eigenvalue weighted by molar-refractivity contribution is -0.154. The average molecular weight is 275 g/mol. The van der Waals surface area contributed by atoms with Crippen molar-refractivity contribution in [3.8, 4) is 0 Å². The van der Waals surface area contributed by atoms with E-state index in [0.29, 0.717) is 12.1 Å². The Kier molecular flexibility index (Phi) is 3.03. The molecule has 5 nitrogen and oxygen atoms in total. The average Bonchev–Trinajstić information content (AvgIpc) is 2.82. The van der Waals surface area contributed by atoms with Crippen LogP contribution in [0.1, 0.15) is 37.1 Å². The molecule has 2 unspecified atom stereocenters. The summed E-state index contributed by atoms with van der Waals surface area (Å²) in [6, 6.07) is 7.66. The monoisotopic (exact) mass is 275 g/mol. The summed E-state index contributed by atoms with van der Waals surface area (Å²) >= 11 is 0. The summed E-state index contributed by atoms with van der Waals surface area (Å²) in [6.07, 6.45) is -0.309. The van der Waals surface area contributed by atoms with Gasteiger partial charge in [0.05, 0.1) is 18.7 Å². The minimum atomic E-state index is -0.909. The number of hydrogen-bond donors (Lipinski definition) is 3. The summed E-state index contributed by atoms with van der Waals surface area (Å²) < 4.78 is 5.73. The molecule has 0 radical (unpaired) electrons. The molecule has 0 bridgehead atoms. The highest BCUT2D eigenvalue weighted by molar-refractivity contribution is 5.86. The third kappa shape index (κ3) is 1.82. The molecule has 2 aromatic rings. The van der Waals surface area contributed by atoms with E-state index in [1.54, 1.807) is 0 Å². The van der Waals surface area contributed by atoms with Gasteiger partial charge in [0.25, 0.3) is 0 Å². The SMILES string of the molecule is CCC1(CC(=O)O)OCC(O)c2c1[nH]c1ccccc21. The third-order valence-corrected chi connectivity index (χ3v) is 4.06. The zero-order chi connectivity index (χ0) is 14.3. The number of fused-ring (bicyclic) bond motifs is 3. The highest BCUT2D eigenvalue weighted by Crippen LogP contribution is 2.44. The number of aliphatic carboxylic acids is 1. The standard InChI is InChI=1S/C15H17NO4/c1-2-15(7-12(18)19)14-13(11(17)8-20-15)9-5-3-4-6-10(9)16-14/h3-6,11,16-17H,2,7-8H2,1H3,(H,18,19). The van der Waals surface area contributed by atoms with Crippen LogP contribution in [0.2, 0.25) is 0 Å².